The molecule has 2 N–H and O–H groups in total. The van der Waals surface area contributed by atoms with E-state index in [0.717, 1.165) is 6.42 Å². The van der Waals surface area contributed by atoms with E-state index in [0.29, 0.717) is 12.3 Å². The Bertz CT molecular complexity index is 348. The van der Waals surface area contributed by atoms with Crippen molar-refractivity contribution in [1.29, 1.82) is 0 Å². The van der Waals surface area contributed by atoms with Gasteiger partial charge in [-0.05, 0) is 12.3 Å². The van der Waals surface area contributed by atoms with Gasteiger partial charge >= 0.3 is 0 Å². The van der Waals surface area contributed by atoms with Crippen LogP contribution < -0.4 is 10.6 Å². The molecule has 2 aliphatic rings. The summed E-state index contributed by atoms with van der Waals surface area (Å²) in [5.41, 5.74) is 0. The summed E-state index contributed by atoms with van der Waals surface area (Å²) in [5, 5.41) is 4.81. The molecule has 2 rings (SSSR count). The van der Waals surface area contributed by atoms with E-state index in [-0.39, 0.29) is 24.1 Å². The summed E-state index contributed by atoms with van der Waals surface area (Å²) in [6, 6.07) is -0.656. The Kier molecular flexibility index (Phi) is 4.33. The Labute approximate surface area is 107 Å². The van der Waals surface area contributed by atoms with Crippen molar-refractivity contribution in [2.24, 2.45) is 5.92 Å². The van der Waals surface area contributed by atoms with Gasteiger partial charge in [0.25, 0.3) is 0 Å². The second-order valence-electron chi connectivity index (χ2n) is 5.28. The van der Waals surface area contributed by atoms with Crippen molar-refractivity contribution in [3.8, 4) is 0 Å². The molecule has 0 radical (unpaired) electrons. The molecular formula is C13H20N2O3. The van der Waals surface area contributed by atoms with E-state index >= 15 is 0 Å². The first-order valence-electron chi connectivity index (χ1n) is 6.78. The van der Waals surface area contributed by atoms with Crippen LogP contribution in [0, 0.1) is 5.92 Å². The fraction of sp³-hybridized carbons (Fsp3) is 0.769. The molecule has 5 heteroatoms. The van der Waals surface area contributed by atoms with Crippen LogP contribution in [0.25, 0.3) is 0 Å². The molecule has 1 aliphatic heterocycles. The minimum Gasteiger partial charge on any atom is -0.344 e. The molecule has 2 fully saturated rings. The summed E-state index contributed by atoms with van der Waals surface area (Å²) in [6.07, 6.45) is 7.72. The molecule has 0 bridgehead atoms. The van der Waals surface area contributed by atoms with Crippen LogP contribution in [0.4, 0.5) is 0 Å². The third-order valence-electron chi connectivity index (χ3n) is 3.81. The molecule has 1 atom stereocenters. The lowest BCUT2D eigenvalue weighted by Gasteiger charge is -2.21. The normalized spacial score (nSPS) is 25.0. The molecule has 1 saturated heterocycles. The van der Waals surface area contributed by atoms with Crippen molar-refractivity contribution in [2.45, 2.75) is 57.4 Å². The number of amides is 3. The number of imide groups is 1. The Balaban J connectivity index is 1.68. The van der Waals surface area contributed by atoms with Gasteiger partial charge in [0.1, 0.15) is 6.04 Å². The zero-order valence-electron chi connectivity index (χ0n) is 10.5. The zero-order valence-corrected chi connectivity index (χ0v) is 10.5. The van der Waals surface area contributed by atoms with Crippen molar-refractivity contribution < 1.29 is 14.4 Å². The standard InChI is InChI=1S/C13H20N2O3/c16-11(7-6-9-4-2-1-3-5-9)14-10-8-12(17)15-13(10)18/h9-10H,1-8H2,(H,14,16)(H,15,17,18). The lowest BCUT2D eigenvalue weighted by Crippen LogP contribution is -2.40. The Morgan fingerprint density at radius 2 is 1.94 bits per heavy atom. The SMILES string of the molecule is O=C1CC(NC(=O)CCC2CCCCC2)C(=O)N1. The number of rotatable bonds is 4. The third-order valence-corrected chi connectivity index (χ3v) is 3.81. The van der Waals surface area contributed by atoms with Crippen molar-refractivity contribution in [2.75, 3.05) is 0 Å². The lowest BCUT2D eigenvalue weighted by molar-refractivity contribution is -0.128. The van der Waals surface area contributed by atoms with Gasteiger partial charge in [0, 0.05) is 6.42 Å². The number of hydrogen-bond acceptors (Lipinski definition) is 3. The first-order chi connectivity index (χ1) is 8.65. The molecule has 0 spiro atoms. The predicted octanol–water partition coefficient (Wildman–Crippen LogP) is 0.878. The van der Waals surface area contributed by atoms with Gasteiger partial charge in [-0.1, -0.05) is 32.1 Å². The summed E-state index contributed by atoms with van der Waals surface area (Å²) < 4.78 is 0. The molecule has 3 amide bonds. The van der Waals surface area contributed by atoms with Crippen molar-refractivity contribution in [1.82, 2.24) is 10.6 Å². The van der Waals surface area contributed by atoms with E-state index in [1.54, 1.807) is 0 Å². The van der Waals surface area contributed by atoms with Crippen LogP contribution in [0.3, 0.4) is 0 Å². The maximum absolute atomic E-state index is 11.7. The van der Waals surface area contributed by atoms with Crippen LogP contribution in [-0.2, 0) is 14.4 Å². The van der Waals surface area contributed by atoms with Crippen molar-refractivity contribution in [3.63, 3.8) is 0 Å². The highest BCUT2D eigenvalue weighted by Gasteiger charge is 2.31. The predicted molar refractivity (Wildman–Crippen MR) is 65.5 cm³/mol. The van der Waals surface area contributed by atoms with Crippen LogP contribution in [0.5, 0.6) is 0 Å². The van der Waals surface area contributed by atoms with Gasteiger partial charge in [-0.15, -0.1) is 0 Å². The quantitative estimate of drug-likeness (QED) is 0.729. The fourth-order valence-electron chi connectivity index (χ4n) is 2.75. The largest absolute Gasteiger partial charge is 0.344 e. The van der Waals surface area contributed by atoms with E-state index < -0.39 is 6.04 Å². The maximum atomic E-state index is 11.7. The monoisotopic (exact) mass is 252 g/mol. The average molecular weight is 252 g/mol. The molecule has 5 nitrogen and oxygen atoms in total. The van der Waals surface area contributed by atoms with Gasteiger partial charge < -0.3 is 5.32 Å². The number of nitrogens with one attached hydrogen (secondary N) is 2. The minimum absolute atomic E-state index is 0.0774. The first-order valence-corrected chi connectivity index (χ1v) is 6.78. The van der Waals surface area contributed by atoms with E-state index in [1.165, 1.54) is 32.1 Å². The van der Waals surface area contributed by atoms with E-state index in [4.69, 9.17) is 0 Å². The number of carbonyl (C=O) groups excluding carboxylic acids is 3. The van der Waals surface area contributed by atoms with Gasteiger partial charge in [0.2, 0.25) is 17.7 Å². The first kappa shape index (κ1) is 13.1. The molecule has 0 aromatic rings. The summed E-state index contributed by atoms with van der Waals surface area (Å²) in [5.74, 6) is -0.150. The highest BCUT2D eigenvalue weighted by Crippen LogP contribution is 2.27. The molecular weight excluding hydrogens is 232 g/mol. The lowest BCUT2D eigenvalue weighted by atomic mass is 9.86. The molecule has 100 valence electrons. The Morgan fingerprint density at radius 3 is 2.56 bits per heavy atom. The highest BCUT2D eigenvalue weighted by atomic mass is 16.2. The fourth-order valence-corrected chi connectivity index (χ4v) is 2.75. The van der Waals surface area contributed by atoms with Crippen LogP contribution in [-0.4, -0.2) is 23.8 Å². The second-order valence-corrected chi connectivity index (χ2v) is 5.28. The van der Waals surface area contributed by atoms with Crippen LogP contribution in [0.15, 0.2) is 0 Å². The molecule has 0 aromatic heterocycles. The average Bonchev–Trinajstić information content (AvgIpc) is 2.67. The molecule has 18 heavy (non-hydrogen) atoms. The molecule has 1 heterocycles. The van der Waals surface area contributed by atoms with Crippen LogP contribution in [0.1, 0.15) is 51.4 Å². The number of carbonyl (C=O) groups is 3. The van der Waals surface area contributed by atoms with E-state index in [9.17, 15) is 14.4 Å². The summed E-state index contributed by atoms with van der Waals surface area (Å²) >= 11 is 0. The van der Waals surface area contributed by atoms with Gasteiger partial charge in [-0.2, -0.15) is 0 Å². The Morgan fingerprint density at radius 1 is 1.22 bits per heavy atom. The smallest absolute Gasteiger partial charge is 0.249 e. The minimum atomic E-state index is -0.656. The van der Waals surface area contributed by atoms with Crippen molar-refractivity contribution >= 4 is 17.7 Å². The zero-order chi connectivity index (χ0) is 13.0. The molecule has 1 unspecified atom stereocenters. The van der Waals surface area contributed by atoms with Crippen molar-refractivity contribution in [3.05, 3.63) is 0 Å². The van der Waals surface area contributed by atoms with E-state index in [2.05, 4.69) is 10.6 Å². The van der Waals surface area contributed by atoms with Gasteiger partial charge in [0.15, 0.2) is 0 Å². The Hall–Kier alpha value is -1.39. The van der Waals surface area contributed by atoms with E-state index in [1.807, 2.05) is 0 Å². The number of hydrogen-bond donors (Lipinski definition) is 2. The van der Waals surface area contributed by atoms with Crippen LogP contribution >= 0.6 is 0 Å². The summed E-state index contributed by atoms with van der Waals surface area (Å²) in [4.78, 5) is 33.9. The molecule has 0 aromatic carbocycles. The van der Waals surface area contributed by atoms with Gasteiger partial charge in [0.05, 0.1) is 6.42 Å². The topological polar surface area (TPSA) is 75.3 Å². The summed E-state index contributed by atoms with van der Waals surface area (Å²) in [7, 11) is 0. The maximum Gasteiger partial charge on any atom is 0.249 e. The van der Waals surface area contributed by atoms with Crippen LogP contribution in [0.2, 0.25) is 0 Å². The molecule has 1 saturated carbocycles. The highest BCUT2D eigenvalue weighted by molar-refractivity contribution is 6.06. The summed E-state index contributed by atoms with van der Waals surface area (Å²) in [6.45, 7) is 0. The second kappa shape index (κ2) is 5.98. The third kappa shape index (κ3) is 3.55. The van der Waals surface area contributed by atoms with Gasteiger partial charge in [-0.25, -0.2) is 0 Å². The molecule has 1 aliphatic carbocycles. The van der Waals surface area contributed by atoms with Gasteiger partial charge in [-0.3, -0.25) is 19.7 Å².